The van der Waals surface area contributed by atoms with E-state index < -0.39 is 5.41 Å². The first-order valence-corrected chi connectivity index (χ1v) is 7.55. The molecule has 1 saturated carbocycles. The van der Waals surface area contributed by atoms with Gasteiger partial charge in [-0.05, 0) is 37.1 Å². The van der Waals surface area contributed by atoms with E-state index in [-0.39, 0.29) is 11.8 Å². The minimum Gasteiger partial charge on any atom is -0.274 e. The summed E-state index contributed by atoms with van der Waals surface area (Å²) in [5.74, 6) is -0.0336. The highest BCUT2D eigenvalue weighted by atomic mass is 79.9. The molecule has 4 heteroatoms. The van der Waals surface area contributed by atoms with Gasteiger partial charge in [0.15, 0.2) is 0 Å². The van der Waals surface area contributed by atoms with Crippen LogP contribution in [0.1, 0.15) is 38.5 Å². The van der Waals surface area contributed by atoms with Crippen molar-refractivity contribution in [2.24, 2.45) is 5.41 Å². The van der Waals surface area contributed by atoms with Crippen LogP contribution in [0, 0.1) is 5.41 Å². The van der Waals surface area contributed by atoms with E-state index in [0.29, 0.717) is 12.1 Å². The molecule has 1 aliphatic carbocycles. The monoisotopic (exact) mass is 321 g/mol. The van der Waals surface area contributed by atoms with Crippen LogP contribution >= 0.6 is 15.9 Å². The summed E-state index contributed by atoms with van der Waals surface area (Å²) in [6.45, 7) is 0. The summed E-state index contributed by atoms with van der Waals surface area (Å²) in [7, 11) is 0. The van der Waals surface area contributed by atoms with Crippen molar-refractivity contribution in [3.63, 3.8) is 0 Å². The number of anilines is 1. The number of benzene rings is 1. The van der Waals surface area contributed by atoms with E-state index in [1.165, 1.54) is 11.3 Å². The van der Waals surface area contributed by atoms with Gasteiger partial charge in [-0.2, -0.15) is 0 Å². The maximum Gasteiger partial charge on any atom is 0.240 e. The number of rotatable bonds is 1. The second-order valence-electron chi connectivity index (χ2n) is 5.53. The number of imide groups is 1. The SMILES string of the molecule is O=C1CC2(CCCCC2)C(=O)N1c1ccc(Br)cc1. The molecule has 1 aliphatic heterocycles. The number of amides is 2. The second-order valence-corrected chi connectivity index (χ2v) is 6.44. The van der Waals surface area contributed by atoms with Gasteiger partial charge in [0.2, 0.25) is 11.8 Å². The number of hydrogen-bond donors (Lipinski definition) is 0. The Hall–Kier alpha value is -1.16. The molecule has 2 amide bonds. The highest BCUT2D eigenvalue weighted by Crippen LogP contribution is 2.46. The fourth-order valence-corrected chi connectivity index (χ4v) is 3.53. The molecule has 0 N–H and O–H groups in total. The third kappa shape index (κ3) is 2.12. The molecule has 1 saturated heterocycles. The standard InChI is InChI=1S/C15H16BrNO2/c16-11-4-6-12(7-5-11)17-13(18)10-15(14(17)19)8-2-1-3-9-15/h4-7H,1-3,8-10H2. The molecule has 1 aromatic carbocycles. The largest absolute Gasteiger partial charge is 0.274 e. The van der Waals surface area contributed by atoms with Crippen LogP contribution in [0.5, 0.6) is 0 Å². The highest BCUT2D eigenvalue weighted by Gasteiger charge is 2.51. The van der Waals surface area contributed by atoms with Gasteiger partial charge < -0.3 is 0 Å². The second kappa shape index (κ2) is 4.75. The van der Waals surface area contributed by atoms with Gasteiger partial charge in [-0.3, -0.25) is 14.5 Å². The zero-order valence-electron chi connectivity index (χ0n) is 10.7. The number of carbonyl (C=O) groups is 2. The molecule has 0 aromatic heterocycles. The first-order valence-electron chi connectivity index (χ1n) is 6.75. The molecule has 1 spiro atoms. The van der Waals surface area contributed by atoms with Crippen molar-refractivity contribution in [3.05, 3.63) is 28.7 Å². The molecule has 0 bridgehead atoms. The van der Waals surface area contributed by atoms with Crippen molar-refractivity contribution in [1.82, 2.24) is 0 Å². The topological polar surface area (TPSA) is 37.4 Å². The first kappa shape index (κ1) is 12.9. The molecule has 3 rings (SSSR count). The van der Waals surface area contributed by atoms with Crippen LogP contribution < -0.4 is 4.90 Å². The maximum atomic E-state index is 12.7. The Morgan fingerprint density at radius 2 is 1.63 bits per heavy atom. The van der Waals surface area contributed by atoms with Crippen molar-refractivity contribution >= 4 is 33.4 Å². The number of carbonyl (C=O) groups excluding carboxylic acids is 2. The molecule has 100 valence electrons. The zero-order valence-corrected chi connectivity index (χ0v) is 12.3. The first-order chi connectivity index (χ1) is 9.12. The Kier molecular flexibility index (Phi) is 3.21. The average molecular weight is 322 g/mol. The lowest BCUT2D eigenvalue weighted by Gasteiger charge is -2.30. The average Bonchev–Trinajstić information content (AvgIpc) is 2.64. The van der Waals surface area contributed by atoms with Crippen molar-refractivity contribution in [2.75, 3.05) is 4.90 Å². The van der Waals surface area contributed by atoms with E-state index in [1.54, 1.807) is 0 Å². The number of hydrogen-bond acceptors (Lipinski definition) is 2. The molecule has 1 aromatic rings. The Labute approximate surface area is 121 Å². The van der Waals surface area contributed by atoms with Gasteiger partial charge >= 0.3 is 0 Å². The van der Waals surface area contributed by atoms with E-state index in [1.807, 2.05) is 24.3 Å². The van der Waals surface area contributed by atoms with Crippen LogP contribution in [-0.4, -0.2) is 11.8 Å². The Balaban J connectivity index is 1.92. The van der Waals surface area contributed by atoms with Crippen LogP contribution in [0.3, 0.4) is 0 Å². The predicted molar refractivity (Wildman–Crippen MR) is 76.8 cm³/mol. The van der Waals surface area contributed by atoms with E-state index >= 15 is 0 Å². The van der Waals surface area contributed by atoms with Crippen LogP contribution in [0.25, 0.3) is 0 Å². The van der Waals surface area contributed by atoms with Crippen molar-refractivity contribution in [1.29, 1.82) is 0 Å². The number of nitrogens with zero attached hydrogens (tertiary/aromatic N) is 1. The molecule has 3 nitrogen and oxygen atoms in total. The molecule has 0 atom stereocenters. The Morgan fingerprint density at radius 1 is 1.00 bits per heavy atom. The normalized spacial score (nSPS) is 22.3. The lowest BCUT2D eigenvalue weighted by Crippen LogP contribution is -2.36. The summed E-state index contributed by atoms with van der Waals surface area (Å²) < 4.78 is 0.947. The Morgan fingerprint density at radius 3 is 2.26 bits per heavy atom. The van der Waals surface area contributed by atoms with Gasteiger partial charge in [-0.25, -0.2) is 0 Å². The minimum atomic E-state index is -0.400. The van der Waals surface area contributed by atoms with Gasteiger partial charge in [-0.1, -0.05) is 35.2 Å². The van der Waals surface area contributed by atoms with Gasteiger partial charge in [-0.15, -0.1) is 0 Å². The zero-order chi connectivity index (χ0) is 13.5. The molecular formula is C15H16BrNO2. The molecular weight excluding hydrogens is 306 g/mol. The highest BCUT2D eigenvalue weighted by molar-refractivity contribution is 9.10. The predicted octanol–water partition coefficient (Wildman–Crippen LogP) is 3.66. The molecule has 19 heavy (non-hydrogen) atoms. The smallest absolute Gasteiger partial charge is 0.240 e. The van der Waals surface area contributed by atoms with E-state index in [2.05, 4.69) is 15.9 Å². The fraction of sp³-hybridized carbons (Fsp3) is 0.467. The summed E-state index contributed by atoms with van der Waals surface area (Å²) in [6, 6.07) is 7.37. The van der Waals surface area contributed by atoms with Gasteiger partial charge in [0.25, 0.3) is 0 Å². The fourth-order valence-electron chi connectivity index (χ4n) is 3.27. The van der Waals surface area contributed by atoms with Gasteiger partial charge in [0.1, 0.15) is 0 Å². The summed E-state index contributed by atoms with van der Waals surface area (Å²) >= 11 is 3.37. The van der Waals surface area contributed by atoms with Crippen molar-refractivity contribution in [3.8, 4) is 0 Å². The minimum absolute atomic E-state index is 0.0134. The quantitative estimate of drug-likeness (QED) is 0.740. The molecule has 2 fully saturated rings. The van der Waals surface area contributed by atoms with Crippen LogP contribution in [-0.2, 0) is 9.59 Å². The molecule has 0 radical (unpaired) electrons. The Bertz CT molecular complexity index is 517. The van der Waals surface area contributed by atoms with Crippen LogP contribution in [0.15, 0.2) is 28.7 Å². The summed E-state index contributed by atoms with van der Waals surface area (Å²) in [5.41, 5.74) is 0.295. The third-order valence-electron chi connectivity index (χ3n) is 4.29. The lowest BCUT2D eigenvalue weighted by atomic mass is 9.73. The lowest BCUT2D eigenvalue weighted by molar-refractivity contribution is -0.127. The summed E-state index contributed by atoms with van der Waals surface area (Å²) in [4.78, 5) is 26.3. The molecule has 2 aliphatic rings. The number of halogens is 1. The van der Waals surface area contributed by atoms with E-state index in [9.17, 15) is 9.59 Å². The van der Waals surface area contributed by atoms with Crippen molar-refractivity contribution < 1.29 is 9.59 Å². The maximum absolute atomic E-state index is 12.7. The van der Waals surface area contributed by atoms with Crippen molar-refractivity contribution in [2.45, 2.75) is 38.5 Å². The third-order valence-corrected chi connectivity index (χ3v) is 4.82. The van der Waals surface area contributed by atoms with Crippen LogP contribution in [0.4, 0.5) is 5.69 Å². The van der Waals surface area contributed by atoms with E-state index in [4.69, 9.17) is 0 Å². The summed E-state index contributed by atoms with van der Waals surface area (Å²) in [6.07, 6.45) is 5.43. The van der Waals surface area contributed by atoms with Crippen LogP contribution in [0.2, 0.25) is 0 Å². The molecule has 1 heterocycles. The van der Waals surface area contributed by atoms with Gasteiger partial charge in [0, 0.05) is 10.9 Å². The van der Waals surface area contributed by atoms with E-state index in [0.717, 1.165) is 30.2 Å². The molecule has 0 unspecified atom stereocenters. The van der Waals surface area contributed by atoms with Gasteiger partial charge in [0.05, 0.1) is 11.1 Å². The summed E-state index contributed by atoms with van der Waals surface area (Å²) in [5, 5.41) is 0.